The predicted octanol–water partition coefficient (Wildman–Crippen LogP) is 5.44. The molecule has 0 spiro atoms. The van der Waals surface area contributed by atoms with Crippen molar-refractivity contribution in [2.24, 2.45) is 0 Å². The summed E-state index contributed by atoms with van der Waals surface area (Å²) in [6.45, 7) is 0.571. The predicted molar refractivity (Wildman–Crippen MR) is 116 cm³/mol. The Balaban J connectivity index is 1.35. The van der Waals surface area contributed by atoms with Crippen LogP contribution in [0.2, 0.25) is 0 Å². The van der Waals surface area contributed by atoms with Crippen molar-refractivity contribution >= 4 is 5.97 Å². The molecule has 0 amide bonds. The minimum Gasteiger partial charge on any atom is -0.489 e. The van der Waals surface area contributed by atoms with E-state index in [1.165, 1.54) is 18.2 Å². The number of benzene rings is 3. The van der Waals surface area contributed by atoms with E-state index in [0.717, 1.165) is 35.5 Å². The van der Waals surface area contributed by atoms with E-state index in [1.807, 2.05) is 48.5 Å². The zero-order valence-electron chi connectivity index (χ0n) is 17.2. The van der Waals surface area contributed by atoms with Crippen molar-refractivity contribution in [2.75, 3.05) is 7.11 Å². The van der Waals surface area contributed by atoms with Crippen LogP contribution in [-0.4, -0.2) is 13.1 Å². The Labute approximate surface area is 177 Å². The highest BCUT2D eigenvalue weighted by molar-refractivity contribution is 5.69. The molecule has 0 saturated heterocycles. The number of carbonyl (C=O) groups excluding carboxylic acids is 1. The van der Waals surface area contributed by atoms with Crippen molar-refractivity contribution in [3.05, 3.63) is 95.1 Å². The quantitative estimate of drug-likeness (QED) is 0.471. The summed E-state index contributed by atoms with van der Waals surface area (Å²) in [6, 6.07) is 24.4. The van der Waals surface area contributed by atoms with Gasteiger partial charge in [-0.2, -0.15) is 0 Å². The number of carbonyl (C=O) groups is 1. The van der Waals surface area contributed by atoms with Crippen molar-refractivity contribution in [1.82, 2.24) is 0 Å². The van der Waals surface area contributed by atoms with E-state index in [9.17, 15) is 4.79 Å². The van der Waals surface area contributed by atoms with Gasteiger partial charge in [-0.1, -0.05) is 48.5 Å². The zero-order chi connectivity index (χ0) is 20.8. The Bertz CT molecular complexity index is 980. The van der Waals surface area contributed by atoms with Crippen LogP contribution in [0.5, 0.6) is 11.5 Å². The molecule has 30 heavy (non-hydrogen) atoms. The first-order valence-corrected chi connectivity index (χ1v) is 10.3. The fourth-order valence-electron chi connectivity index (χ4n) is 3.76. The fourth-order valence-corrected chi connectivity index (χ4v) is 3.76. The summed E-state index contributed by atoms with van der Waals surface area (Å²) >= 11 is 0. The van der Waals surface area contributed by atoms with E-state index in [1.54, 1.807) is 0 Å². The van der Waals surface area contributed by atoms with Gasteiger partial charge in [0.15, 0.2) is 0 Å². The Morgan fingerprint density at radius 1 is 0.933 bits per heavy atom. The minimum atomic E-state index is -0.190. The summed E-state index contributed by atoms with van der Waals surface area (Å²) in [4.78, 5) is 11.3. The van der Waals surface area contributed by atoms with Crippen molar-refractivity contribution in [3.63, 3.8) is 0 Å². The second kappa shape index (κ2) is 9.49. The molecule has 0 N–H and O–H groups in total. The van der Waals surface area contributed by atoms with E-state index in [2.05, 4.69) is 24.3 Å². The maximum absolute atomic E-state index is 11.3. The molecule has 4 heteroatoms. The number of methoxy groups -OCH3 is 1. The highest BCUT2D eigenvalue weighted by Gasteiger charge is 2.24. The number of ether oxygens (including phenoxy) is 3. The molecule has 1 aliphatic carbocycles. The van der Waals surface area contributed by atoms with Crippen LogP contribution in [0.1, 0.15) is 41.2 Å². The third-order valence-corrected chi connectivity index (χ3v) is 5.43. The Hall–Kier alpha value is -3.27. The fraction of sp³-hybridized carbons (Fsp3) is 0.269. The van der Waals surface area contributed by atoms with Crippen LogP contribution < -0.4 is 9.47 Å². The standard InChI is InChI=1S/C26H26O4/c1-28-26(27)16-9-19-7-11-22(12-8-19)30-25-15-10-21-17-23(13-14-24(21)25)29-18-20-5-3-2-4-6-20/h2-8,11-14,17,25H,9-10,15-16,18H2,1H3. The second-order valence-corrected chi connectivity index (χ2v) is 7.50. The van der Waals surface area contributed by atoms with Gasteiger partial charge in [-0.05, 0) is 65.8 Å². The van der Waals surface area contributed by atoms with E-state index in [0.29, 0.717) is 19.4 Å². The molecule has 0 saturated carbocycles. The lowest BCUT2D eigenvalue weighted by Crippen LogP contribution is -2.04. The highest BCUT2D eigenvalue weighted by atomic mass is 16.5. The van der Waals surface area contributed by atoms with Crippen molar-refractivity contribution in [3.8, 4) is 11.5 Å². The van der Waals surface area contributed by atoms with Gasteiger partial charge in [-0.3, -0.25) is 4.79 Å². The minimum absolute atomic E-state index is 0.0593. The van der Waals surface area contributed by atoms with E-state index in [-0.39, 0.29) is 12.1 Å². The first-order chi connectivity index (χ1) is 14.7. The number of fused-ring (bicyclic) bond motifs is 1. The topological polar surface area (TPSA) is 44.8 Å². The van der Waals surface area contributed by atoms with Gasteiger partial charge in [0.05, 0.1) is 7.11 Å². The van der Waals surface area contributed by atoms with Crippen molar-refractivity contribution in [2.45, 2.75) is 38.4 Å². The molecule has 0 aromatic heterocycles. The Kier molecular flexibility index (Phi) is 6.33. The summed E-state index contributed by atoms with van der Waals surface area (Å²) in [5, 5.41) is 0. The molecule has 0 radical (unpaired) electrons. The van der Waals surface area contributed by atoms with Crippen LogP contribution in [-0.2, 0) is 29.0 Å². The number of hydrogen-bond acceptors (Lipinski definition) is 4. The zero-order valence-corrected chi connectivity index (χ0v) is 17.2. The van der Waals surface area contributed by atoms with Crippen LogP contribution in [0, 0.1) is 0 Å². The van der Waals surface area contributed by atoms with Gasteiger partial charge in [0, 0.05) is 6.42 Å². The lowest BCUT2D eigenvalue weighted by atomic mass is 10.1. The molecule has 1 atom stereocenters. The molecule has 3 aromatic carbocycles. The first kappa shape index (κ1) is 20.0. The Morgan fingerprint density at radius 2 is 1.70 bits per heavy atom. The molecule has 1 unspecified atom stereocenters. The molecular formula is C26H26O4. The van der Waals surface area contributed by atoms with Gasteiger partial charge >= 0.3 is 5.97 Å². The summed E-state index contributed by atoms with van der Waals surface area (Å²) in [5.74, 6) is 1.55. The number of aryl methyl sites for hydroxylation is 2. The molecule has 0 heterocycles. The lowest BCUT2D eigenvalue weighted by molar-refractivity contribution is -0.140. The monoisotopic (exact) mass is 402 g/mol. The van der Waals surface area contributed by atoms with Crippen molar-refractivity contribution < 1.29 is 19.0 Å². The average molecular weight is 402 g/mol. The first-order valence-electron chi connectivity index (χ1n) is 10.3. The van der Waals surface area contributed by atoms with Crippen LogP contribution in [0.4, 0.5) is 0 Å². The molecule has 0 aliphatic heterocycles. The highest BCUT2D eigenvalue weighted by Crippen LogP contribution is 2.37. The molecule has 3 aromatic rings. The summed E-state index contributed by atoms with van der Waals surface area (Å²) in [5.41, 5.74) is 4.78. The largest absolute Gasteiger partial charge is 0.489 e. The van der Waals surface area contributed by atoms with Gasteiger partial charge in [0.25, 0.3) is 0 Å². The molecule has 154 valence electrons. The van der Waals surface area contributed by atoms with Gasteiger partial charge in [-0.15, -0.1) is 0 Å². The maximum Gasteiger partial charge on any atom is 0.305 e. The third kappa shape index (κ3) is 5.01. The van der Waals surface area contributed by atoms with Crippen molar-refractivity contribution in [1.29, 1.82) is 0 Å². The van der Waals surface area contributed by atoms with Gasteiger partial charge < -0.3 is 14.2 Å². The van der Waals surface area contributed by atoms with Gasteiger partial charge in [-0.25, -0.2) is 0 Å². The second-order valence-electron chi connectivity index (χ2n) is 7.50. The average Bonchev–Trinajstić information content (AvgIpc) is 3.19. The normalized spacial score (nSPS) is 14.8. The molecule has 1 aliphatic rings. The molecule has 0 fully saturated rings. The van der Waals surface area contributed by atoms with E-state index < -0.39 is 0 Å². The lowest BCUT2D eigenvalue weighted by Gasteiger charge is -2.16. The maximum atomic E-state index is 11.3. The van der Waals surface area contributed by atoms with E-state index >= 15 is 0 Å². The molecule has 4 rings (SSSR count). The van der Waals surface area contributed by atoms with Gasteiger partial charge in [0.2, 0.25) is 0 Å². The SMILES string of the molecule is COC(=O)CCc1ccc(OC2CCc3cc(OCc4ccccc4)ccc32)cc1. The van der Waals surface area contributed by atoms with Gasteiger partial charge in [0.1, 0.15) is 24.2 Å². The number of rotatable bonds is 8. The van der Waals surface area contributed by atoms with Crippen LogP contribution in [0.25, 0.3) is 0 Å². The number of esters is 1. The number of hydrogen-bond donors (Lipinski definition) is 0. The molecular weight excluding hydrogens is 376 g/mol. The van der Waals surface area contributed by atoms with Crippen LogP contribution in [0.3, 0.4) is 0 Å². The summed E-state index contributed by atoms with van der Waals surface area (Å²) in [7, 11) is 1.41. The summed E-state index contributed by atoms with van der Waals surface area (Å²) in [6.07, 6.45) is 3.07. The smallest absolute Gasteiger partial charge is 0.305 e. The van der Waals surface area contributed by atoms with E-state index in [4.69, 9.17) is 14.2 Å². The Morgan fingerprint density at radius 3 is 2.47 bits per heavy atom. The third-order valence-electron chi connectivity index (χ3n) is 5.43. The van der Waals surface area contributed by atoms with Crippen LogP contribution >= 0.6 is 0 Å². The van der Waals surface area contributed by atoms with Crippen LogP contribution in [0.15, 0.2) is 72.8 Å². The summed E-state index contributed by atoms with van der Waals surface area (Å²) < 4.78 is 16.9. The molecule has 4 nitrogen and oxygen atoms in total. The molecule has 0 bridgehead atoms.